The van der Waals surface area contributed by atoms with Crippen LogP contribution in [0.5, 0.6) is 0 Å². The summed E-state index contributed by atoms with van der Waals surface area (Å²) in [6.07, 6.45) is 3.88. The predicted octanol–water partition coefficient (Wildman–Crippen LogP) is 2.98. The highest BCUT2D eigenvalue weighted by molar-refractivity contribution is 6.26. The minimum atomic E-state index is -2.00. The largest absolute Gasteiger partial charge is 0.480 e. The summed E-state index contributed by atoms with van der Waals surface area (Å²) in [7, 11) is 0. The number of carbonyl (C=O) groups excluding carboxylic acids is 5. The Kier molecular flexibility index (Phi) is 13.9. The Morgan fingerprint density at radius 3 is 2.30 bits per heavy atom. The van der Waals surface area contributed by atoms with Crippen LogP contribution in [0.1, 0.15) is 91.4 Å². The third-order valence-electron chi connectivity index (χ3n) is 12.2. The van der Waals surface area contributed by atoms with Crippen molar-refractivity contribution in [3.63, 3.8) is 0 Å². The van der Waals surface area contributed by atoms with Gasteiger partial charge in [-0.3, -0.25) is 24.0 Å². The van der Waals surface area contributed by atoms with Crippen LogP contribution in [0.4, 0.5) is 0 Å². The number of esters is 2. The molecule has 4 aliphatic carbocycles. The molecule has 1 amide bonds. The van der Waals surface area contributed by atoms with E-state index in [-0.39, 0.29) is 50.9 Å². The number of nitrogens with zero attached hydrogens (tertiary/aromatic N) is 2. The third-order valence-corrected chi connectivity index (χ3v) is 13.1. The summed E-state index contributed by atoms with van der Waals surface area (Å²) in [4.78, 5) is 106. The molecule has 0 aromatic rings. The van der Waals surface area contributed by atoms with Crippen LogP contribution in [-0.2, 0) is 47.9 Å². The molecule has 0 heterocycles. The Hall–Kier alpha value is -4.65. The molecule has 0 radical (unpaired) electrons. The second kappa shape index (κ2) is 17.7. The Balaban J connectivity index is 1.53. The standard InChI is InChI=1S/C36H48ClN3O16/c1-21-16-25-24-11-10-22-17-23(41)12-13-33(22,2)35(24,37)27(42)19-34(25,3)36(21,56-30(45)9-7-15-55-40(51)52)28(43)20-53-31(46)18-26(32(47)48)38-29(44)8-5-4-6-14-54-39(49)50/h12-13,17,21,24-27,42H,4-11,14-16,18-20H2,1-3H3,(H,38,44)(H,47,48)/t21-,24?,25?,26?,27-,33-,34-,35-,36-/m0/s1. The lowest BCUT2D eigenvalue weighted by molar-refractivity contribution is -0.757. The topological polar surface area (TPSA) is 278 Å². The third kappa shape index (κ3) is 8.67. The summed E-state index contributed by atoms with van der Waals surface area (Å²) >= 11 is 7.54. The first kappa shape index (κ1) is 44.1. The number of carboxylic acid groups (broad SMARTS) is 1. The van der Waals surface area contributed by atoms with Crippen molar-refractivity contribution in [3.05, 3.63) is 44.0 Å². The maximum atomic E-state index is 14.5. The van der Waals surface area contributed by atoms with Crippen LogP contribution in [0, 0.1) is 48.8 Å². The van der Waals surface area contributed by atoms with Crippen LogP contribution in [0.3, 0.4) is 0 Å². The van der Waals surface area contributed by atoms with Crippen molar-refractivity contribution < 1.29 is 68.3 Å². The average molecular weight is 814 g/mol. The summed E-state index contributed by atoms with van der Waals surface area (Å²) in [6, 6.07) is -1.72. The number of allylic oxidation sites excluding steroid dienone is 4. The molecule has 0 aliphatic heterocycles. The summed E-state index contributed by atoms with van der Waals surface area (Å²) < 4.78 is 11.4. The highest BCUT2D eigenvalue weighted by Gasteiger charge is 2.76. The number of rotatable bonds is 20. The van der Waals surface area contributed by atoms with E-state index in [4.69, 9.17) is 21.1 Å². The molecule has 0 aromatic heterocycles. The van der Waals surface area contributed by atoms with Crippen LogP contribution in [0.2, 0.25) is 0 Å². The first-order chi connectivity index (χ1) is 26.2. The van der Waals surface area contributed by atoms with E-state index >= 15 is 0 Å². The van der Waals surface area contributed by atoms with Crippen LogP contribution >= 0.6 is 11.6 Å². The van der Waals surface area contributed by atoms with Gasteiger partial charge in [-0.2, -0.15) is 0 Å². The van der Waals surface area contributed by atoms with Gasteiger partial charge in [-0.05, 0) is 68.9 Å². The SMILES string of the molecule is C[C@H]1CC2C3CCC4=CC(=O)C=C[C@]4(C)[C@@]3(Cl)[C@@H](O)C[C@]2(C)[C@@]1(OC(=O)CCCO[N+](=O)[O-])C(=O)COC(=O)CC(NC(=O)CCCCCO[N+](=O)[O-])C(=O)O. The number of alkyl halides is 1. The minimum Gasteiger partial charge on any atom is -0.480 e. The van der Waals surface area contributed by atoms with Gasteiger partial charge < -0.3 is 34.7 Å². The molecule has 9 atom stereocenters. The van der Waals surface area contributed by atoms with Crippen LogP contribution in [0.15, 0.2) is 23.8 Å². The zero-order valence-electron chi connectivity index (χ0n) is 31.4. The van der Waals surface area contributed by atoms with Crippen molar-refractivity contribution in [1.82, 2.24) is 5.32 Å². The van der Waals surface area contributed by atoms with E-state index in [1.165, 1.54) is 12.2 Å². The van der Waals surface area contributed by atoms with Gasteiger partial charge in [0.25, 0.3) is 10.2 Å². The normalized spacial score (nSPS) is 32.0. The zero-order chi connectivity index (χ0) is 41.6. The van der Waals surface area contributed by atoms with E-state index in [2.05, 4.69) is 15.0 Å². The van der Waals surface area contributed by atoms with Gasteiger partial charge in [0, 0.05) is 29.6 Å². The van der Waals surface area contributed by atoms with Gasteiger partial charge in [0.05, 0.1) is 30.6 Å². The number of hydrogen-bond donors (Lipinski definition) is 3. The van der Waals surface area contributed by atoms with Gasteiger partial charge in [-0.1, -0.05) is 38.8 Å². The van der Waals surface area contributed by atoms with E-state index in [1.54, 1.807) is 19.9 Å². The predicted molar refractivity (Wildman–Crippen MR) is 190 cm³/mol. The number of Topliss-reactive ketones (excluding diaryl/α,β-unsaturated/α-hetero) is 1. The molecule has 3 fully saturated rings. The summed E-state index contributed by atoms with van der Waals surface area (Å²) in [5.74, 6) is -6.93. The van der Waals surface area contributed by atoms with Crippen molar-refractivity contribution in [2.24, 2.45) is 28.6 Å². The number of aliphatic carboxylic acids is 1. The molecule has 3 unspecified atom stereocenters. The molecular weight excluding hydrogens is 766 g/mol. The Morgan fingerprint density at radius 2 is 1.66 bits per heavy atom. The monoisotopic (exact) mass is 813 g/mol. The van der Waals surface area contributed by atoms with Gasteiger partial charge in [0.15, 0.2) is 18.0 Å². The van der Waals surface area contributed by atoms with Gasteiger partial charge in [-0.25, -0.2) is 4.79 Å². The van der Waals surface area contributed by atoms with Gasteiger partial charge in [-0.15, -0.1) is 31.8 Å². The number of carbonyl (C=O) groups is 6. The molecule has 20 heteroatoms. The van der Waals surface area contributed by atoms with Gasteiger partial charge in [0.2, 0.25) is 11.7 Å². The smallest absolute Gasteiger partial charge is 0.326 e. The van der Waals surface area contributed by atoms with Gasteiger partial charge >= 0.3 is 17.9 Å². The van der Waals surface area contributed by atoms with E-state index in [0.717, 1.165) is 5.57 Å². The number of hydrogen-bond acceptors (Lipinski definition) is 15. The number of nitrogens with one attached hydrogen (secondary N) is 1. The number of carboxylic acids is 1. The maximum absolute atomic E-state index is 14.5. The van der Waals surface area contributed by atoms with E-state index in [1.807, 2.05) is 6.92 Å². The Labute approximate surface area is 326 Å². The zero-order valence-corrected chi connectivity index (χ0v) is 32.2. The molecule has 0 saturated heterocycles. The fourth-order valence-electron chi connectivity index (χ4n) is 9.63. The number of amides is 1. The van der Waals surface area contributed by atoms with Crippen LogP contribution in [-0.4, -0.2) is 98.2 Å². The molecule has 3 N–H and O–H groups in total. The van der Waals surface area contributed by atoms with E-state index in [0.29, 0.717) is 25.7 Å². The van der Waals surface area contributed by atoms with Gasteiger partial charge in [0.1, 0.15) is 6.04 Å². The van der Waals surface area contributed by atoms with Crippen molar-refractivity contribution in [2.45, 2.75) is 114 Å². The number of ether oxygens (including phenoxy) is 2. The fraction of sp³-hybridized carbons (Fsp3) is 0.722. The first-order valence-corrected chi connectivity index (χ1v) is 18.9. The Morgan fingerprint density at radius 1 is 1.00 bits per heavy atom. The molecule has 310 valence electrons. The quantitative estimate of drug-likeness (QED) is 0.0524. The average Bonchev–Trinajstić information content (AvgIpc) is 3.33. The minimum absolute atomic E-state index is 0.125. The number of fused-ring (bicyclic) bond motifs is 5. The molecule has 0 aromatic carbocycles. The van der Waals surface area contributed by atoms with E-state index < -0.39 is 111 Å². The van der Waals surface area contributed by atoms with E-state index in [9.17, 15) is 59.2 Å². The molecule has 56 heavy (non-hydrogen) atoms. The number of aliphatic hydroxyl groups is 1. The lowest BCUT2D eigenvalue weighted by atomic mass is 9.45. The lowest BCUT2D eigenvalue weighted by Gasteiger charge is -2.64. The molecule has 19 nitrogen and oxygen atoms in total. The number of halogens is 1. The van der Waals surface area contributed by atoms with Crippen molar-refractivity contribution in [1.29, 1.82) is 0 Å². The summed E-state index contributed by atoms with van der Waals surface area (Å²) in [6.45, 7) is 3.72. The highest BCUT2D eigenvalue weighted by Crippen LogP contribution is 2.72. The van der Waals surface area contributed by atoms with Crippen molar-refractivity contribution in [3.8, 4) is 0 Å². The number of ketones is 2. The molecule has 0 bridgehead atoms. The summed E-state index contributed by atoms with van der Waals surface area (Å²) in [5.41, 5.74) is -3.43. The Bertz CT molecular complexity index is 1670. The summed E-state index contributed by atoms with van der Waals surface area (Å²) in [5, 5.41) is 42.9. The number of aliphatic hydroxyl groups excluding tert-OH is 1. The second-order valence-corrected chi connectivity index (χ2v) is 16.0. The first-order valence-electron chi connectivity index (χ1n) is 18.5. The molecule has 4 aliphatic rings. The second-order valence-electron chi connectivity index (χ2n) is 15.4. The lowest BCUT2D eigenvalue weighted by Crippen LogP contribution is -2.69. The fourth-order valence-corrected chi connectivity index (χ4v) is 10.2. The van der Waals surface area contributed by atoms with Crippen LogP contribution < -0.4 is 5.32 Å². The molecule has 4 rings (SSSR count). The molecule has 0 spiro atoms. The van der Waals surface area contributed by atoms with Crippen LogP contribution in [0.25, 0.3) is 0 Å². The number of unbranched alkanes of at least 4 members (excludes halogenated alkanes) is 2. The maximum Gasteiger partial charge on any atom is 0.326 e. The highest BCUT2D eigenvalue weighted by atomic mass is 35.5. The van der Waals surface area contributed by atoms with Crippen molar-refractivity contribution >= 4 is 47.0 Å². The van der Waals surface area contributed by atoms with Crippen molar-refractivity contribution in [2.75, 3.05) is 19.8 Å². The molecular formula is C36H48ClN3O16. The molecule has 3 saturated carbocycles.